The minimum Gasteiger partial charge on any atom is -0.361 e. The molecule has 0 spiro atoms. The zero-order valence-electron chi connectivity index (χ0n) is 12.0. The van der Waals surface area contributed by atoms with Crippen molar-refractivity contribution in [3.05, 3.63) is 36.0 Å². The average molecular weight is 303 g/mol. The molecule has 1 saturated heterocycles. The van der Waals surface area contributed by atoms with E-state index in [0.29, 0.717) is 11.7 Å². The molecule has 1 amide bonds. The lowest BCUT2D eigenvalue weighted by Crippen LogP contribution is -2.43. The van der Waals surface area contributed by atoms with Gasteiger partial charge in [-0.15, -0.1) is 0 Å². The molecule has 3 rings (SSSR count). The van der Waals surface area contributed by atoms with Crippen LogP contribution in [0.2, 0.25) is 0 Å². The van der Waals surface area contributed by atoms with Crippen LogP contribution < -0.4 is 11.1 Å². The molecule has 2 heterocycles. The smallest absolute Gasteiger partial charge is 0.237 e. The van der Waals surface area contributed by atoms with Crippen molar-refractivity contribution >= 4 is 28.6 Å². The Hall–Kier alpha value is -1.46. The summed E-state index contributed by atoms with van der Waals surface area (Å²) < 4.78 is 0. The summed E-state index contributed by atoms with van der Waals surface area (Å²) in [7, 11) is 0. The van der Waals surface area contributed by atoms with Gasteiger partial charge in [0, 0.05) is 28.9 Å². The van der Waals surface area contributed by atoms with Gasteiger partial charge < -0.3 is 16.0 Å². The number of nitrogens with one attached hydrogen (secondary N) is 2. The highest BCUT2D eigenvalue weighted by molar-refractivity contribution is 8.00. The second-order valence-corrected chi connectivity index (χ2v) is 6.96. The molecule has 1 fully saturated rings. The summed E-state index contributed by atoms with van der Waals surface area (Å²) in [5, 5.41) is 4.70. The zero-order valence-corrected chi connectivity index (χ0v) is 12.8. The molecule has 4 nitrogen and oxygen atoms in total. The summed E-state index contributed by atoms with van der Waals surface area (Å²) in [6, 6.07) is 7.59. The Kier molecular flexibility index (Phi) is 4.51. The van der Waals surface area contributed by atoms with Crippen molar-refractivity contribution in [3.63, 3.8) is 0 Å². The fraction of sp³-hybridized carbons (Fsp3) is 0.438. The SMILES string of the molecule is NC(Cc1c[nH]c2ccccc12)C(=O)NCC1CCCS1. The predicted molar refractivity (Wildman–Crippen MR) is 88.5 cm³/mol. The first-order chi connectivity index (χ1) is 10.2. The average Bonchev–Trinajstić information content (AvgIpc) is 3.15. The van der Waals surface area contributed by atoms with Gasteiger partial charge in [0.2, 0.25) is 5.91 Å². The number of hydrogen-bond acceptors (Lipinski definition) is 3. The Balaban J connectivity index is 1.57. The molecule has 0 saturated carbocycles. The van der Waals surface area contributed by atoms with Crippen LogP contribution in [-0.4, -0.2) is 34.5 Å². The second-order valence-electron chi connectivity index (χ2n) is 5.55. The van der Waals surface area contributed by atoms with Gasteiger partial charge in [0.1, 0.15) is 0 Å². The van der Waals surface area contributed by atoms with E-state index >= 15 is 0 Å². The maximum absolute atomic E-state index is 12.1. The number of aromatic amines is 1. The third-order valence-corrected chi connectivity index (χ3v) is 5.38. The van der Waals surface area contributed by atoms with Crippen LogP contribution in [0.4, 0.5) is 0 Å². The first-order valence-corrected chi connectivity index (χ1v) is 8.49. The number of thioether (sulfide) groups is 1. The van der Waals surface area contributed by atoms with Gasteiger partial charge in [-0.05, 0) is 36.6 Å². The van der Waals surface area contributed by atoms with Crippen molar-refractivity contribution in [2.45, 2.75) is 30.6 Å². The van der Waals surface area contributed by atoms with Crippen LogP contribution in [0.1, 0.15) is 18.4 Å². The molecule has 21 heavy (non-hydrogen) atoms. The molecule has 0 radical (unpaired) electrons. The van der Waals surface area contributed by atoms with Crippen LogP contribution in [0, 0.1) is 0 Å². The quantitative estimate of drug-likeness (QED) is 0.791. The summed E-state index contributed by atoms with van der Waals surface area (Å²) in [6.45, 7) is 0.741. The molecule has 0 bridgehead atoms. The van der Waals surface area contributed by atoms with Crippen LogP contribution in [-0.2, 0) is 11.2 Å². The topological polar surface area (TPSA) is 70.9 Å². The summed E-state index contributed by atoms with van der Waals surface area (Å²) in [6.07, 6.45) is 4.97. The van der Waals surface area contributed by atoms with E-state index in [-0.39, 0.29) is 5.91 Å². The summed E-state index contributed by atoms with van der Waals surface area (Å²) in [5.41, 5.74) is 8.24. The number of nitrogens with two attached hydrogens (primary N) is 1. The molecule has 0 aliphatic carbocycles. The highest BCUT2D eigenvalue weighted by atomic mass is 32.2. The maximum atomic E-state index is 12.1. The predicted octanol–water partition coefficient (Wildman–Crippen LogP) is 2.05. The standard InChI is InChI=1S/C16H21N3OS/c17-14(16(20)19-10-12-4-3-7-21-12)8-11-9-18-15-6-2-1-5-13(11)15/h1-2,5-6,9,12,14,18H,3-4,7-8,10,17H2,(H,19,20). The molecule has 1 aliphatic heterocycles. The van der Waals surface area contributed by atoms with E-state index < -0.39 is 6.04 Å². The number of hydrogen-bond donors (Lipinski definition) is 3. The van der Waals surface area contributed by atoms with E-state index in [1.54, 1.807) is 0 Å². The number of carbonyl (C=O) groups is 1. The Labute approximate surface area is 128 Å². The third kappa shape index (κ3) is 3.41. The number of carbonyl (C=O) groups excluding carboxylic acids is 1. The van der Waals surface area contributed by atoms with Gasteiger partial charge >= 0.3 is 0 Å². The summed E-state index contributed by atoms with van der Waals surface area (Å²) in [5.74, 6) is 1.16. The number of H-pyrrole nitrogens is 1. The Bertz CT molecular complexity index is 619. The molecule has 5 heteroatoms. The van der Waals surface area contributed by atoms with E-state index in [2.05, 4.69) is 16.4 Å². The van der Waals surface area contributed by atoms with Gasteiger partial charge in [0.25, 0.3) is 0 Å². The van der Waals surface area contributed by atoms with Crippen LogP contribution >= 0.6 is 11.8 Å². The fourth-order valence-corrected chi connectivity index (χ4v) is 3.98. The van der Waals surface area contributed by atoms with E-state index in [9.17, 15) is 4.79 Å². The summed E-state index contributed by atoms with van der Waals surface area (Å²) in [4.78, 5) is 15.3. The molecule has 2 atom stereocenters. The fourth-order valence-electron chi connectivity index (χ4n) is 2.78. The number of fused-ring (bicyclic) bond motifs is 1. The normalized spacial score (nSPS) is 19.8. The van der Waals surface area contributed by atoms with Gasteiger partial charge in [-0.25, -0.2) is 0 Å². The number of para-hydroxylation sites is 1. The largest absolute Gasteiger partial charge is 0.361 e. The molecule has 4 N–H and O–H groups in total. The molecule has 1 aromatic carbocycles. The van der Waals surface area contributed by atoms with Crippen LogP contribution in [0.15, 0.2) is 30.5 Å². The van der Waals surface area contributed by atoms with E-state index in [1.165, 1.54) is 18.6 Å². The molecule has 1 aliphatic rings. The van der Waals surface area contributed by atoms with E-state index in [4.69, 9.17) is 5.73 Å². The highest BCUT2D eigenvalue weighted by Gasteiger charge is 2.19. The van der Waals surface area contributed by atoms with Gasteiger partial charge in [-0.2, -0.15) is 11.8 Å². The highest BCUT2D eigenvalue weighted by Crippen LogP contribution is 2.25. The van der Waals surface area contributed by atoms with Crippen molar-refractivity contribution in [2.75, 3.05) is 12.3 Å². The van der Waals surface area contributed by atoms with Gasteiger partial charge in [-0.3, -0.25) is 4.79 Å². The van der Waals surface area contributed by atoms with Crippen molar-refractivity contribution in [1.29, 1.82) is 0 Å². The Morgan fingerprint density at radius 2 is 2.33 bits per heavy atom. The van der Waals surface area contributed by atoms with Crippen LogP contribution in [0.25, 0.3) is 10.9 Å². The Morgan fingerprint density at radius 1 is 1.48 bits per heavy atom. The van der Waals surface area contributed by atoms with Crippen molar-refractivity contribution < 1.29 is 4.79 Å². The van der Waals surface area contributed by atoms with Crippen molar-refractivity contribution in [3.8, 4) is 0 Å². The monoisotopic (exact) mass is 303 g/mol. The van der Waals surface area contributed by atoms with Gasteiger partial charge in [0.05, 0.1) is 6.04 Å². The van der Waals surface area contributed by atoms with Gasteiger partial charge in [-0.1, -0.05) is 18.2 Å². The lowest BCUT2D eigenvalue weighted by atomic mass is 10.1. The number of aromatic nitrogens is 1. The Morgan fingerprint density at radius 3 is 3.14 bits per heavy atom. The van der Waals surface area contributed by atoms with Crippen molar-refractivity contribution in [2.24, 2.45) is 5.73 Å². The maximum Gasteiger partial charge on any atom is 0.237 e. The minimum atomic E-state index is -0.490. The number of benzene rings is 1. The van der Waals surface area contributed by atoms with E-state index in [0.717, 1.165) is 23.0 Å². The lowest BCUT2D eigenvalue weighted by Gasteiger charge is -2.14. The molecular weight excluding hydrogens is 282 g/mol. The molecule has 1 aromatic heterocycles. The molecule has 2 aromatic rings. The molecular formula is C16H21N3OS. The second kappa shape index (κ2) is 6.54. The van der Waals surface area contributed by atoms with E-state index in [1.807, 2.05) is 36.2 Å². The molecule has 2 unspecified atom stereocenters. The zero-order chi connectivity index (χ0) is 14.7. The van der Waals surface area contributed by atoms with Crippen LogP contribution in [0.5, 0.6) is 0 Å². The van der Waals surface area contributed by atoms with Crippen molar-refractivity contribution in [1.82, 2.24) is 10.3 Å². The molecule has 112 valence electrons. The first kappa shape index (κ1) is 14.5. The number of amides is 1. The van der Waals surface area contributed by atoms with Crippen LogP contribution in [0.3, 0.4) is 0 Å². The first-order valence-electron chi connectivity index (χ1n) is 7.44. The van der Waals surface area contributed by atoms with Gasteiger partial charge in [0.15, 0.2) is 0 Å². The minimum absolute atomic E-state index is 0.0484. The number of rotatable bonds is 5. The summed E-state index contributed by atoms with van der Waals surface area (Å²) >= 11 is 1.94. The lowest BCUT2D eigenvalue weighted by molar-refractivity contribution is -0.122. The third-order valence-electron chi connectivity index (χ3n) is 3.98.